The molecule has 27 heavy (non-hydrogen) atoms. The fraction of sp³-hybridized carbons (Fsp3) is 0.435. The molecule has 1 N–H and O–H groups in total. The van der Waals surface area contributed by atoms with Gasteiger partial charge in [0.15, 0.2) is 0 Å². The van der Waals surface area contributed by atoms with Crippen LogP contribution in [0.5, 0.6) is 5.75 Å². The zero-order chi connectivity index (χ0) is 19.3. The quantitative estimate of drug-likeness (QED) is 0.841. The first-order valence-electron chi connectivity index (χ1n) is 9.71. The van der Waals surface area contributed by atoms with Crippen LogP contribution in [0.1, 0.15) is 37.8 Å². The molecule has 144 valence electrons. The number of ether oxygens (including phenoxy) is 1. The molecule has 0 bridgehead atoms. The summed E-state index contributed by atoms with van der Waals surface area (Å²) in [5, 5.41) is 3.26. The Bertz CT molecular complexity index is 758. The maximum absolute atomic E-state index is 13.0. The second-order valence-corrected chi connectivity index (χ2v) is 7.87. The van der Waals surface area contributed by atoms with E-state index in [0.29, 0.717) is 0 Å². The van der Waals surface area contributed by atoms with Crippen molar-refractivity contribution in [3.63, 3.8) is 0 Å². The first kappa shape index (κ1) is 19.4. The first-order valence-corrected chi connectivity index (χ1v) is 9.71. The third kappa shape index (κ3) is 4.89. The number of carbonyl (C=O) groups is 1. The highest BCUT2D eigenvalue weighted by Gasteiger charge is 2.31. The minimum Gasteiger partial charge on any atom is -0.496 e. The van der Waals surface area contributed by atoms with Gasteiger partial charge in [0.2, 0.25) is 5.91 Å². The monoisotopic (exact) mass is 366 g/mol. The molecule has 1 unspecified atom stereocenters. The van der Waals surface area contributed by atoms with Gasteiger partial charge in [-0.3, -0.25) is 9.69 Å². The lowest BCUT2D eigenvalue weighted by atomic mass is 9.90. The summed E-state index contributed by atoms with van der Waals surface area (Å²) >= 11 is 0. The van der Waals surface area contributed by atoms with E-state index in [1.807, 2.05) is 44.2 Å². The van der Waals surface area contributed by atoms with Gasteiger partial charge in [0.05, 0.1) is 18.6 Å². The van der Waals surface area contributed by atoms with E-state index in [4.69, 9.17) is 4.74 Å². The summed E-state index contributed by atoms with van der Waals surface area (Å²) in [4.78, 5) is 15.4. The van der Waals surface area contributed by atoms with Gasteiger partial charge >= 0.3 is 0 Å². The highest BCUT2D eigenvalue weighted by molar-refractivity contribution is 5.80. The summed E-state index contributed by atoms with van der Waals surface area (Å²) in [6, 6.07) is 18.3. The average Bonchev–Trinajstić information content (AvgIpc) is 2.68. The largest absolute Gasteiger partial charge is 0.496 e. The third-order valence-electron chi connectivity index (χ3n) is 5.34. The molecule has 1 heterocycles. The zero-order valence-electron chi connectivity index (χ0n) is 16.6. The molecular weight excluding hydrogens is 336 g/mol. The second-order valence-electron chi connectivity index (χ2n) is 7.87. The smallest absolute Gasteiger partial charge is 0.225 e. The van der Waals surface area contributed by atoms with E-state index in [9.17, 15) is 4.79 Å². The van der Waals surface area contributed by atoms with Gasteiger partial charge < -0.3 is 10.1 Å². The van der Waals surface area contributed by atoms with Crippen LogP contribution in [0.3, 0.4) is 0 Å². The molecule has 2 aromatic rings. The number of piperidine rings is 1. The van der Waals surface area contributed by atoms with E-state index in [2.05, 4.69) is 34.5 Å². The van der Waals surface area contributed by atoms with Crippen LogP contribution in [0.25, 0.3) is 0 Å². The molecule has 4 heteroatoms. The highest BCUT2D eigenvalue weighted by Crippen LogP contribution is 2.30. The van der Waals surface area contributed by atoms with Crippen LogP contribution in [0.15, 0.2) is 54.6 Å². The van der Waals surface area contributed by atoms with Crippen LogP contribution in [-0.4, -0.2) is 31.0 Å². The number of hydrogen-bond donors (Lipinski definition) is 1. The molecule has 3 rings (SSSR count). The summed E-state index contributed by atoms with van der Waals surface area (Å²) < 4.78 is 5.48. The van der Waals surface area contributed by atoms with Gasteiger partial charge in [-0.2, -0.15) is 0 Å². The minimum atomic E-state index is -0.481. The van der Waals surface area contributed by atoms with Crippen molar-refractivity contribution < 1.29 is 9.53 Å². The van der Waals surface area contributed by atoms with Gasteiger partial charge in [-0.15, -0.1) is 0 Å². The Labute approximate surface area is 162 Å². The van der Waals surface area contributed by atoms with E-state index in [0.717, 1.165) is 43.8 Å². The first-order chi connectivity index (χ1) is 13.0. The van der Waals surface area contributed by atoms with Crippen LogP contribution in [0.2, 0.25) is 0 Å². The second kappa shape index (κ2) is 8.57. The van der Waals surface area contributed by atoms with Crippen LogP contribution in [0.4, 0.5) is 0 Å². The number of likely N-dealkylation sites (tertiary alicyclic amines) is 1. The number of rotatable bonds is 6. The predicted octanol–water partition coefficient (Wildman–Crippen LogP) is 3.96. The fourth-order valence-electron chi connectivity index (χ4n) is 3.89. The minimum absolute atomic E-state index is 0.0245. The lowest BCUT2D eigenvalue weighted by molar-refractivity contribution is -0.128. The number of nitrogens with one attached hydrogen (secondary N) is 1. The van der Waals surface area contributed by atoms with Crippen molar-refractivity contribution in [1.82, 2.24) is 10.2 Å². The molecule has 2 aromatic carbocycles. The molecule has 0 radical (unpaired) electrons. The lowest BCUT2D eigenvalue weighted by Gasteiger charge is -2.35. The summed E-state index contributed by atoms with van der Waals surface area (Å²) in [5.74, 6) is 0.956. The van der Waals surface area contributed by atoms with Crippen molar-refractivity contribution >= 4 is 5.91 Å². The van der Waals surface area contributed by atoms with Crippen LogP contribution in [-0.2, 0) is 16.9 Å². The summed E-state index contributed by atoms with van der Waals surface area (Å²) in [6.07, 6.45) is 2.00. The molecule has 0 saturated carbocycles. The van der Waals surface area contributed by atoms with Gasteiger partial charge in [-0.05, 0) is 44.9 Å². The predicted molar refractivity (Wildman–Crippen MR) is 109 cm³/mol. The maximum atomic E-state index is 13.0. The topological polar surface area (TPSA) is 41.6 Å². The van der Waals surface area contributed by atoms with Gasteiger partial charge in [0, 0.05) is 18.7 Å². The Balaban J connectivity index is 1.64. The van der Waals surface area contributed by atoms with Crippen molar-refractivity contribution in [2.75, 3.05) is 20.2 Å². The van der Waals surface area contributed by atoms with Crippen LogP contribution in [0, 0.1) is 5.92 Å². The maximum Gasteiger partial charge on any atom is 0.225 e. The Hall–Kier alpha value is -2.33. The molecule has 0 aromatic heterocycles. The van der Waals surface area contributed by atoms with Crippen molar-refractivity contribution in [2.24, 2.45) is 5.92 Å². The van der Waals surface area contributed by atoms with E-state index in [1.165, 1.54) is 5.56 Å². The number of hydrogen-bond acceptors (Lipinski definition) is 3. The molecule has 1 aliphatic rings. The van der Waals surface area contributed by atoms with Crippen LogP contribution >= 0.6 is 0 Å². The van der Waals surface area contributed by atoms with E-state index in [-0.39, 0.29) is 11.8 Å². The summed E-state index contributed by atoms with van der Waals surface area (Å²) in [7, 11) is 1.67. The van der Waals surface area contributed by atoms with Gasteiger partial charge in [0.25, 0.3) is 0 Å². The molecule has 0 spiro atoms. The van der Waals surface area contributed by atoms with Crippen molar-refractivity contribution in [3.05, 3.63) is 65.7 Å². The Morgan fingerprint density at radius 2 is 1.85 bits per heavy atom. The van der Waals surface area contributed by atoms with Gasteiger partial charge in [-0.1, -0.05) is 48.5 Å². The Kier molecular flexibility index (Phi) is 6.17. The van der Waals surface area contributed by atoms with Crippen molar-refractivity contribution in [3.8, 4) is 5.75 Å². The number of para-hydroxylation sites is 1. The fourth-order valence-corrected chi connectivity index (χ4v) is 3.89. The SMILES string of the molecule is COc1ccccc1C(C)(C)NC(=O)C1CCCN(Cc2ccccc2)C1. The number of carbonyl (C=O) groups excluding carboxylic acids is 1. The molecule has 4 nitrogen and oxygen atoms in total. The lowest BCUT2D eigenvalue weighted by Crippen LogP contribution is -2.48. The molecule has 0 aliphatic carbocycles. The van der Waals surface area contributed by atoms with Crippen molar-refractivity contribution in [1.29, 1.82) is 0 Å². The number of amides is 1. The van der Waals surface area contributed by atoms with Crippen molar-refractivity contribution in [2.45, 2.75) is 38.8 Å². The van der Waals surface area contributed by atoms with Gasteiger partial charge in [-0.25, -0.2) is 0 Å². The third-order valence-corrected chi connectivity index (χ3v) is 5.34. The molecule has 1 fully saturated rings. The zero-order valence-corrected chi connectivity index (χ0v) is 16.6. The van der Waals surface area contributed by atoms with E-state index < -0.39 is 5.54 Å². The molecule has 1 saturated heterocycles. The number of nitrogens with zero attached hydrogens (tertiary/aromatic N) is 1. The van der Waals surface area contributed by atoms with E-state index in [1.54, 1.807) is 7.11 Å². The number of benzene rings is 2. The molecular formula is C23H30N2O2. The molecule has 1 amide bonds. The van der Waals surface area contributed by atoms with E-state index >= 15 is 0 Å². The molecule has 1 atom stereocenters. The normalized spacial score (nSPS) is 18.1. The number of methoxy groups -OCH3 is 1. The average molecular weight is 367 g/mol. The van der Waals surface area contributed by atoms with Gasteiger partial charge in [0.1, 0.15) is 5.75 Å². The highest BCUT2D eigenvalue weighted by atomic mass is 16.5. The standard InChI is InChI=1S/C23H30N2O2/c1-23(2,20-13-7-8-14-21(20)27-3)24-22(26)19-12-9-15-25(17-19)16-18-10-5-4-6-11-18/h4-8,10-11,13-14,19H,9,12,15-17H2,1-3H3,(H,24,26). The Morgan fingerprint density at radius 3 is 2.59 bits per heavy atom. The van der Waals surface area contributed by atoms with Crippen LogP contribution < -0.4 is 10.1 Å². The molecule has 1 aliphatic heterocycles. The summed E-state index contributed by atoms with van der Waals surface area (Å²) in [6.45, 7) is 6.83. The Morgan fingerprint density at radius 1 is 1.15 bits per heavy atom. The summed E-state index contributed by atoms with van der Waals surface area (Å²) in [5.41, 5.74) is 1.82.